The number of H-pyrrole nitrogens is 1. The first-order valence-electron chi connectivity index (χ1n) is 14.3. The summed E-state index contributed by atoms with van der Waals surface area (Å²) in [6.45, 7) is 0.947. The van der Waals surface area contributed by atoms with E-state index in [1.807, 2.05) is 0 Å². The molecule has 3 aromatic rings. The number of aliphatic hydroxyl groups excluding tert-OH is 1. The predicted molar refractivity (Wildman–Crippen MR) is 156 cm³/mol. The van der Waals surface area contributed by atoms with E-state index in [1.165, 1.54) is 22.5 Å². The third kappa shape index (κ3) is 6.22. The third-order valence-electron chi connectivity index (χ3n) is 8.45. The normalized spacial score (nSPS) is 21.8. The molecule has 11 nitrogen and oxygen atoms in total. The Bertz CT molecular complexity index is 1780. The van der Waals surface area contributed by atoms with Crippen molar-refractivity contribution in [2.45, 2.75) is 64.9 Å². The summed E-state index contributed by atoms with van der Waals surface area (Å²) in [5.74, 6) is -0.246. The number of aliphatic hydroxyl groups is 1. The number of aromatic nitrogens is 1. The molecule has 3 N–H and O–H groups in total. The second-order valence-corrected chi connectivity index (χ2v) is 15.7. The predicted octanol–water partition coefficient (Wildman–Crippen LogP) is 1.95. The molecule has 232 valence electrons. The minimum atomic E-state index is -4.10. The first-order chi connectivity index (χ1) is 20.5. The molecule has 2 aliphatic heterocycles. The van der Waals surface area contributed by atoms with Crippen LogP contribution in [0.3, 0.4) is 0 Å². The Hall–Kier alpha value is -2.88. The summed E-state index contributed by atoms with van der Waals surface area (Å²) in [7, 11) is -7.44. The van der Waals surface area contributed by atoms with Crippen molar-refractivity contribution >= 4 is 30.8 Å². The number of halogens is 1. The molecule has 43 heavy (non-hydrogen) atoms. The topological polar surface area (TPSA) is 155 Å². The molecule has 0 radical (unpaired) electrons. The highest BCUT2D eigenvalue weighted by molar-refractivity contribution is 7.92. The molecule has 3 aliphatic rings. The number of sulfonamides is 1. The van der Waals surface area contributed by atoms with Crippen LogP contribution in [0.4, 0.5) is 4.39 Å². The number of piperidine rings is 1. The number of hydrogen-bond donors (Lipinski definition) is 3. The van der Waals surface area contributed by atoms with Gasteiger partial charge in [-0.3, -0.25) is 4.79 Å². The van der Waals surface area contributed by atoms with Crippen LogP contribution in [0.25, 0.3) is 10.9 Å². The number of pyridine rings is 1. The number of benzene rings is 2. The van der Waals surface area contributed by atoms with Gasteiger partial charge in [0.15, 0.2) is 9.84 Å². The van der Waals surface area contributed by atoms with Crippen molar-refractivity contribution in [1.29, 1.82) is 0 Å². The van der Waals surface area contributed by atoms with Gasteiger partial charge in [-0.05, 0) is 68.5 Å². The number of nitrogens with zero attached hydrogens (tertiary/aromatic N) is 1. The van der Waals surface area contributed by atoms with Crippen LogP contribution in [0.15, 0.2) is 63.2 Å². The average Bonchev–Trinajstić information content (AvgIpc) is 3.79. The molecule has 1 aliphatic carbocycles. The highest BCUT2D eigenvalue weighted by Gasteiger charge is 2.45. The fraction of sp³-hybridized carbons (Fsp3) is 0.483. The van der Waals surface area contributed by atoms with Crippen LogP contribution >= 0.6 is 0 Å². The molecule has 2 atom stereocenters. The van der Waals surface area contributed by atoms with E-state index in [2.05, 4.69) is 10.3 Å². The molecule has 0 amide bonds. The van der Waals surface area contributed by atoms with Gasteiger partial charge in [-0.1, -0.05) is 6.07 Å². The molecule has 2 saturated heterocycles. The quantitative estimate of drug-likeness (QED) is 0.303. The number of aromatic amines is 1. The van der Waals surface area contributed by atoms with E-state index in [1.54, 1.807) is 18.2 Å². The maximum atomic E-state index is 13.7. The second kappa shape index (κ2) is 11.6. The van der Waals surface area contributed by atoms with Gasteiger partial charge < -0.3 is 24.9 Å². The minimum absolute atomic E-state index is 0.0218. The number of fused-ring (bicyclic) bond motifs is 1. The highest BCUT2D eigenvalue weighted by atomic mass is 32.2. The number of hydrogen-bond acceptors (Lipinski definition) is 9. The number of rotatable bonds is 10. The van der Waals surface area contributed by atoms with Gasteiger partial charge in [0, 0.05) is 42.8 Å². The van der Waals surface area contributed by atoms with Crippen LogP contribution in [0.2, 0.25) is 0 Å². The van der Waals surface area contributed by atoms with Crippen LogP contribution in [-0.4, -0.2) is 87.1 Å². The van der Waals surface area contributed by atoms with Crippen molar-refractivity contribution < 1.29 is 35.8 Å². The molecule has 6 rings (SSSR count). The van der Waals surface area contributed by atoms with Gasteiger partial charge in [0.25, 0.3) is 0 Å². The first kappa shape index (κ1) is 30.2. The SMILES string of the molecule is O=c1c(S(=O)(=O)N2CCC3(CC2)CC(NCC(O)COc2cccc(S(=O)(=O)C4CC4)c2)CO3)c[nH]c2ccc(F)cc12. The van der Waals surface area contributed by atoms with Crippen LogP contribution in [0.1, 0.15) is 32.1 Å². The minimum Gasteiger partial charge on any atom is -0.491 e. The maximum absolute atomic E-state index is 13.7. The van der Waals surface area contributed by atoms with Crippen molar-refractivity contribution in [3.8, 4) is 5.75 Å². The summed E-state index contributed by atoms with van der Waals surface area (Å²) in [6.07, 6.45) is 3.18. The second-order valence-electron chi connectivity index (χ2n) is 11.6. The standard InChI is InChI=1S/C29H34FN3O8S2/c30-19-4-7-26-25(12-19)28(35)27(16-32-26)43(38,39)33-10-8-29(9-11-33)14-20(17-41-29)31-15-21(34)18-40-22-2-1-3-24(13-22)42(36,37)23-5-6-23/h1-4,7,12-13,16,20-21,23,31,34H,5-6,8-11,14-15,17-18H2,(H,32,35). The largest absolute Gasteiger partial charge is 0.491 e. The van der Waals surface area contributed by atoms with Crippen LogP contribution in [0, 0.1) is 5.82 Å². The van der Waals surface area contributed by atoms with Crippen molar-refractivity contribution in [1.82, 2.24) is 14.6 Å². The summed E-state index contributed by atoms with van der Waals surface area (Å²) in [5, 5.41) is 13.4. The zero-order valence-electron chi connectivity index (χ0n) is 23.4. The van der Waals surface area contributed by atoms with E-state index in [0.29, 0.717) is 50.0 Å². The molecular formula is C29H34FN3O8S2. The Kier molecular flexibility index (Phi) is 8.11. The van der Waals surface area contributed by atoms with Gasteiger partial charge in [-0.2, -0.15) is 4.31 Å². The maximum Gasteiger partial charge on any atom is 0.248 e. The molecule has 1 spiro atoms. The Labute approximate surface area is 249 Å². The fourth-order valence-electron chi connectivity index (χ4n) is 5.83. The zero-order valence-corrected chi connectivity index (χ0v) is 25.0. The summed E-state index contributed by atoms with van der Waals surface area (Å²) in [6, 6.07) is 9.89. The van der Waals surface area contributed by atoms with Gasteiger partial charge in [0.05, 0.1) is 22.4 Å². The lowest BCUT2D eigenvalue weighted by atomic mass is 9.88. The Morgan fingerprint density at radius 2 is 1.91 bits per heavy atom. The van der Waals surface area contributed by atoms with Crippen molar-refractivity contribution in [3.05, 3.63) is 64.7 Å². The number of nitrogens with one attached hydrogen (secondary N) is 2. The lowest BCUT2D eigenvalue weighted by Gasteiger charge is -2.37. The molecule has 3 heterocycles. The van der Waals surface area contributed by atoms with E-state index in [4.69, 9.17) is 9.47 Å². The lowest BCUT2D eigenvalue weighted by Crippen LogP contribution is -2.47. The molecule has 0 bridgehead atoms. The summed E-state index contributed by atoms with van der Waals surface area (Å²) >= 11 is 0. The Balaban J connectivity index is 0.993. The molecule has 2 aromatic carbocycles. The van der Waals surface area contributed by atoms with Crippen molar-refractivity contribution in [2.24, 2.45) is 0 Å². The molecule has 2 unspecified atom stereocenters. The van der Waals surface area contributed by atoms with E-state index < -0.39 is 47.7 Å². The van der Waals surface area contributed by atoms with Gasteiger partial charge >= 0.3 is 0 Å². The fourth-order valence-corrected chi connectivity index (χ4v) is 9.01. The smallest absolute Gasteiger partial charge is 0.248 e. The first-order valence-corrected chi connectivity index (χ1v) is 17.3. The van der Waals surface area contributed by atoms with Crippen LogP contribution in [-0.2, 0) is 24.6 Å². The lowest BCUT2D eigenvalue weighted by molar-refractivity contribution is -0.0312. The van der Waals surface area contributed by atoms with Gasteiger partial charge in [-0.25, -0.2) is 21.2 Å². The van der Waals surface area contributed by atoms with Crippen LogP contribution in [0.5, 0.6) is 5.75 Å². The zero-order chi connectivity index (χ0) is 30.4. The van der Waals surface area contributed by atoms with E-state index >= 15 is 0 Å². The highest BCUT2D eigenvalue weighted by Crippen LogP contribution is 2.37. The van der Waals surface area contributed by atoms with Gasteiger partial charge in [-0.15, -0.1) is 0 Å². The van der Waals surface area contributed by atoms with Crippen molar-refractivity contribution in [3.63, 3.8) is 0 Å². The van der Waals surface area contributed by atoms with Crippen LogP contribution < -0.4 is 15.5 Å². The number of ether oxygens (including phenoxy) is 2. The Morgan fingerprint density at radius 1 is 1.14 bits per heavy atom. The van der Waals surface area contributed by atoms with E-state index in [0.717, 1.165) is 12.3 Å². The van der Waals surface area contributed by atoms with E-state index in [-0.39, 0.29) is 47.8 Å². The monoisotopic (exact) mass is 635 g/mol. The Morgan fingerprint density at radius 3 is 2.65 bits per heavy atom. The third-order valence-corrected chi connectivity index (χ3v) is 12.6. The van der Waals surface area contributed by atoms with Gasteiger partial charge in [0.2, 0.25) is 15.5 Å². The molecule has 3 fully saturated rings. The molecule has 1 saturated carbocycles. The number of sulfone groups is 1. The summed E-state index contributed by atoms with van der Waals surface area (Å²) in [4.78, 5) is 15.5. The van der Waals surface area contributed by atoms with Crippen molar-refractivity contribution in [2.75, 3.05) is 32.8 Å². The summed E-state index contributed by atoms with van der Waals surface area (Å²) < 4.78 is 78.4. The molecule has 1 aromatic heterocycles. The molecule has 14 heteroatoms. The summed E-state index contributed by atoms with van der Waals surface area (Å²) in [5.41, 5.74) is -0.906. The van der Waals surface area contributed by atoms with E-state index in [9.17, 15) is 31.1 Å². The average molecular weight is 636 g/mol. The van der Waals surface area contributed by atoms with Gasteiger partial charge in [0.1, 0.15) is 29.2 Å². The molecular weight excluding hydrogens is 601 g/mol.